The van der Waals surface area contributed by atoms with Crippen LogP contribution in [0.1, 0.15) is 30.4 Å². The van der Waals surface area contributed by atoms with Crippen LogP contribution in [0.3, 0.4) is 0 Å². The SMILES string of the molecule is CC(C)n1ccc(C(=O)Nc2nc3c(F)cccc3s2)n1. The molecule has 0 saturated heterocycles. The number of amides is 1. The molecule has 2 aromatic heterocycles. The van der Waals surface area contributed by atoms with E-state index in [-0.39, 0.29) is 17.5 Å². The van der Waals surface area contributed by atoms with Crippen LogP contribution in [0.4, 0.5) is 9.52 Å². The van der Waals surface area contributed by atoms with Crippen LogP contribution in [0, 0.1) is 5.82 Å². The molecule has 1 amide bonds. The molecule has 108 valence electrons. The molecule has 0 unspecified atom stereocenters. The molecule has 5 nitrogen and oxygen atoms in total. The van der Waals surface area contributed by atoms with E-state index in [0.717, 1.165) is 0 Å². The summed E-state index contributed by atoms with van der Waals surface area (Å²) >= 11 is 1.23. The van der Waals surface area contributed by atoms with E-state index in [1.807, 2.05) is 13.8 Å². The van der Waals surface area contributed by atoms with E-state index in [0.29, 0.717) is 15.5 Å². The van der Waals surface area contributed by atoms with Gasteiger partial charge in [-0.3, -0.25) is 14.8 Å². The van der Waals surface area contributed by atoms with Crippen molar-refractivity contribution < 1.29 is 9.18 Å². The van der Waals surface area contributed by atoms with Crippen LogP contribution in [0.25, 0.3) is 10.2 Å². The first-order valence-corrected chi connectivity index (χ1v) is 7.28. The normalized spacial score (nSPS) is 11.2. The van der Waals surface area contributed by atoms with Crippen molar-refractivity contribution in [2.45, 2.75) is 19.9 Å². The molecule has 3 rings (SSSR count). The summed E-state index contributed by atoms with van der Waals surface area (Å²) in [4.78, 5) is 16.2. The third kappa shape index (κ3) is 2.64. The van der Waals surface area contributed by atoms with Gasteiger partial charge in [0.25, 0.3) is 5.91 Å². The Morgan fingerprint density at radius 2 is 2.19 bits per heavy atom. The van der Waals surface area contributed by atoms with E-state index in [1.165, 1.54) is 17.4 Å². The molecular weight excluding hydrogens is 291 g/mol. The van der Waals surface area contributed by atoms with Gasteiger partial charge in [-0.2, -0.15) is 5.10 Å². The largest absolute Gasteiger partial charge is 0.296 e. The monoisotopic (exact) mass is 304 g/mol. The van der Waals surface area contributed by atoms with Crippen molar-refractivity contribution in [3.05, 3.63) is 42.0 Å². The van der Waals surface area contributed by atoms with Gasteiger partial charge in [0.1, 0.15) is 11.3 Å². The van der Waals surface area contributed by atoms with E-state index in [2.05, 4.69) is 15.4 Å². The number of thiazole rings is 1. The van der Waals surface area contributed by atoms with Crippen molar-refractivity contribution >= 4 is 32.6 Å². The summed E-state index contributed by atoms with van der Waals surface area (Å²) in [6.45, 7) is 3.95. The molecule has 2 heterocycles. The number of benzene rings is 1. The zero-order chi connectivity index (χ0) is 15.0. The zero-order valence-corrected chi connectivity index (χ0v) is 12.3. The highest BCUT2D eigenvalue weighted by Crippen LogP contribution is 2.27. The standard InChI is InChI=1S/C14H13FN4OS/c1-8(2)19-7-6-10(18-19)13(20)17-14-16-12-9(15)4-3-5-11(12)21-14/h3-8H,1-2H3,(H,16,17,20). The number of halogens is 1. The maximum Gasteiger partial charge on any atom is 0.277 e. The predicted molar refractivity (Wildman–Crippen MR) is 80.1 cm³/mol. The van der Waals surface area contributed by atoms with Gasteiger partial charge in [-0.15, -0.1) is 0 Å². The third-order valence-electron chi connectivity index (χ3n) is 2.96. The number of para-hydroxylation sites is 1. The number of rotatable bonds is 3. The molecular formula is C14H13FN4OS. The minimum Gasteiger partial charge on any atom is -0.296 e. The second kappa shape index (κ2) is 5.25. The van der Waals surface area contributed by atoms with Crippen molar-refractivity contribution in [1.82, 2.24) is 14.8 Å². The molecule has 1 aromatic carbocycles. The molecule has 0 fully saturated rings. The maximum atomic E-state index is 13.6. The zero-order valence-electron chi connectivity index (χ0n) is 11.5. The molecule has 0 saturated carbocycles. The number of hydrogen-bond acceptors (Lipinski definition) is 4. The van der Waals surface area contributed by atoms with Gasteiger partial charge in [-0.1, -0.05) is 17.4 Å². The van der Waals surface area contributed by atoms with Crippen LogP contribution in [0.5, 0.6) is 0 Å². The summed E-state index contributed by atoms with van der Waals surface area (Å²) in [5, 5.41) is 7.20. The number of nitrogens with one attached hydrogen (secondary N) is 1. The highest BCUT2D eigenvalue weighted by molar-refractivity contribution is 7.22. The number of fused-ring (bicyclic) bond motifs is 1. The fraction of sp³-hybridized carbons (Fsp3) is 0.214. The fourth-order valence-corrected chi connectivity index (χ4v) is 2.75. The molecule has 0 aliphatic heterocycles. The lowest BCUT2D eigenvalue weighted by molar-refractivity contribution is 0.102. The quantitative estimate of drug-likeness (QED) is 0.806. The number of carbonyl (C=O) groups excluding carboxylic acids is 1. The first kappa shape index (κ1) is 13.7. The Hall–Kier alpha value is -2.28. The Balaban J connectivity index is 1.83. The highest BCUT2D eigenvalue weighted by Gasteiger charge is 2.14. The van der Waals surface area contributed by atoms with E-state index in [9.17, 15) is 9.18 Å². The van der Waals surface area contributed by atoms with Gasteiger partial charge in [-0.25, -0.2) is 9.37 Å². The van der Waals surface area contributed by atoms with Gasteiger partial charge in [0.15, 0.2) is 10.8 Å². The Kier molecular flexibility index (Phi) is 3.42. The molecule has 0 aliphatic rings. The number of hydrogen-bond donors (Lipinski definition) is 1. The van der Waals surface area contributed by atoms with Crippen molar-refractivity contribution in [2.75, 3.05) is 5.32 Å². The number of carbonyl (C=O) groups is 1. The Bertz CT molecular complexity index is 808. The average molecular weight is 304 g/mol. The van der Waals surface area contributed by atoms with E-state index in [1.54, 1.807) is 29.1 Å². The number of nitrogens with zero attached hydrogens (tertiary/aromatic N) is 3. The van der Waals surface area contributed by atoms with E-state index in [4.69, 9.17) is 0 Å². The molecule has 7 heteroatoms. The van der Waals surface area contributed by atoms with E-state index >= 15 is 0 Å². The van der Waals surface area contributed by atoms with Crippen molar-refractivity contribution in [3.63, 3.8) is 0 Å². The number of anilines is 1. The van der Waals surface area contributed by atoms with Crippen LogP contribution in [0.15, 0.2) is 30.5 Å². The lowest BCUT2D eigenvalue weighted by atomic mass is 10.3. The summed E-state index contributed by atoms with van der Waals surface area (Å²) in [6, 6.07) is 6.55. The Labute approximate surface area is 124 Å². The van der Waals surface area contributed by atoms with Gasteiger partial charge < -0.3 is 0 Å². The van der Waals surface area contributed by atoms with Crippen LogP contribution >= 0.6 is 11.3 Å². The smallest absolute Gasteiger partial charge is 0.277 e. The van der Waals surface area contributed by atoms with Gasteiger partial charge in [0.05, 0.1) is 4.70 Å². The van der Waals surface area contributed by atoms with Gasteiger partial charge in [0, 0.05) is 12.2 Å². The summed E-state index contributed by atoms with van der Waals surface area (Å²) in [5.74, 6) is -0.748. The number of aromatic nitrogens is 3. The predicted octanol–water partition coefficient (Wildman–Crippen LogP) is 3.47. The Morgan fingerprint density at radius 3 is 2.86 bits per heavy atom. The first-order chi connectivity index (χ1) is 10.0. The molecule has 0 bridgehead atoms. The molecule has 3 aromatic rings. The molecule has 0 spiro atoms. The fourth-order valence-electron chi connectivity index (χ4n) is 1.88. The lowest BCUT2D eigenvalue weighted by Gasteiger charge is -2.03. The van der Waals surface area contributed by atoms with E-state index < -0.39 is 5.82 Å². The highest BCUT2D eigenvalue weighted by atomic mass is 32.1. The van der Waals surface area contributed by atoms with Crippen LogP contribution in [0.2, 0.25) is 0 Å². The Morgan fingerprint density at radius 1 is 1.38 bits per heavy atom. The van der Waals surface area contributed by atoms with Gasteiger partial charge in [0.2, 0.25) is 0 Å². The molecule has 0 aliphatic carbocycles. The van der Waals surface area contributed by atoms with Crippen molar-refractivity contribution in [3.8, 4) is 0 Å². The van der Waals surface area contributed by atoms with Crippen LogP contribution in [-0.4, -0.2) is 20.7 Å². The molecule has 0 atom stereocenters. The minimum absolute atomic E-state index is 0.183. The van der Waals surface area contributed by atoms with Gasteiger partial charge >= 0.3 is 0 Å². The van der Waals surface area contributed by atoms with Crippen molar-refractivity contribution in [2.24, 2.45) is 0 Å². The third-order valence-corrected chi connectivity index (χ3v) is 3.90. The summed E-state index contributed by atoms with van der Waals surface area (Å²) < 4.78 is 16.0. The average Bonchev–Trinajstić information content (AvgIpc) is 3.05. The molecule has 21 heavy (non-hydrogen) atoms. The van der Waals surface area contributed by atoms with Crippen molar-refractivity contribution in [1.29, 1.82) is 0 Å². The van der Waals surface area contributed by atoms with Gasteiger partial charge in [-0.05, 0) is 32.0 Å². The van der Waals surface area contributed by atoms with Crippen LogP contribution in [-0.2, 0) is 0 Å². The summed E-state index contributed by atoms with van der Waals surface area (Å²) in [6.07, 6.45) is 1.75. The van der Waals surface area contributed by atoms with Crippen LogP contribution < -0.4 is 5.32 Å². The minimum atomic E-state index is -0.395. The summed E-state index contributed by atoms with van der Waals surface area (Å²) in [5.41, 5.74) is 0.578. The second-order valence-electron chi connectivity index (χ2n) is 4.83. The molecule has 0 radical (unpaired) electrons. The topological polar surface area (TPSA) is 59.8 Å². The summed E-state index contributed by atoms with van der Waals surface area (Å²) in [7, 11) is 0. The lowest BCUT2D eigenvalue weighted by Crippen LogP contribution is -2.13. The first-order valence-electron chi connectivity index (χ1n) is 6.46. The molecule has 1 N–H and O–H groups in total. The second-order valence-corrected chi connectivity index (χ2v) is 5.87. The maximum absolute atomic E-state index is 13.6.